The molecule has 3 N–H and O–H groups in total. The van der Waals surface area contributed by atoms with Gasteiger partial charge >= 0.3 is 5.69 Å². The summed E-state index contributed by atoms with van der Waals surface area (Å²) in [6.07, 6.45) is 3.66. The first kappa shape index (κ1) is 14.8. The van der Waals surface area contributed by atoms with Crippen LogP contribution in [0.1, 0.15) is 0 Å². The molecule has 0 aliphatic rings. The molecule has 110 valence electrons. The molecule has 0 radical (unpaired) electrons. The normalized spacial score (nSPS) is 11.9. The van der Waals surface area contributed by atoms with E-state index in [2.05, 4.69) is 15.3 Å². The minimum absolute atomic E-state index is 0.0288. The van der Waals surface area contributed by atoms with Crippen LogP contribution in [0.25, 0.3) is 11.1 Å². The number of aliphatic hydroxyl groups excluding tert-OH is 2. The van der Waals surface area contributed by atoms with E-state index in [-0.39, 0.29) is 18.1 Å². The monoisotopic (exact) mass is 290 g/mol. The predicted octanol–water partition coefficient (Wildman–Crippen LogP) is 0.817. The van der Waals surface area contributed by atoms with Crippen LogP contribution < -0.4 is 5.32 Å². The predicted molar refractivity (Wildman–Crippen MR) is 75.7 cm³/mol. The fourth-order valence-corrected chi connectivity index (χ4v) is 1.71. The molecule has 1 unspecified atom stereocenters. The van der Waals surface area contributed by atoms with Crippen molar-refractivity contribution in [3.05, 3.63) is 46.9 Å². The van der Waals surface area contributed by atoms with E-state index in [0.29, 0.717) is 5.56 Å². The molecule has 8 nitrogen and oxygen atoms in total. The minimum Gasteiger partial charge on any atom is -0.394 e. The molecule has 2 aromatic rings. The van der Waals surface area contributed by atoms with E-state index in [4.69, 9.17) is 5.11 Å². The van der Waals surface area contributed by atoms with Gasteiger partial charge in [0.1, 0.15) is 0 Å². The third-order valence-corrected chi connectivity index (χ3v) is 2.79. The molecule has 2 aromatic heterocycles. The summed E-state index contributed by atoms with van der Waals surface area (Å²) in [5.74, 6) is 0.0466. The molecule has 0 aromatic carbocycles. The molecular formula is C13H14N4O4. The molecule has 0 spiro atoms. The smallest absolute Gasteiger partial charge is 0.311 e. The number of nitrogens with zero attached hydrogens (tertiary/aromatic N) is 3. The summed E-state index contributed by atoms with van der Waals surface area (Å²) in [5, 5.41) is 31.8. The lowest BCUT2D eigenvalue weighted by Crippen LogP contribution is -2.23. The van der Waals surface area contributed by atoms with Gasteiger partial charge in [-0.3, -0.25) is 15.1 Å². The second kappa shape index (κ2) is 6.73. The Morgan fingerprint density at radius 3 is 2.67 bits per heavy atom. The van der Waals surface area contributed by atoms with E-state index in [9.17, 15) is 15.2 Å². The second-order valence-electron chi connectivity index (χ2n) is 4.30. The van der Waals surface area contributed by atoms with Gasteiger partial charge in [-0.15, -0.1) is 0 Å². The van der Waals surface area contributed by atoms with Crippen LogP contribution in [0.5, 0.6) is 0 Å². The van der Waals surface area contributed by atoms with Gasteiger partial charge in [-0.1, -0.05) is 0 Å². The summed E-state index contributed by atoms with van der Waals surface area (Å²) < 4.78 is 0. The van der Waals surface area contributed by atoms with Gasteiger partial charge in [0, 0.05) is 36.8 Å². The van der Waals surface area contributed by atoms with Crippen molar-refractivity contribution in [2.24, 2.45) is 0 Å². The average Bonchev–Trinajstić information content (AvgIpc) is 2.53. The molecule has 0 aliphatic carbocycles. The summed E-state index contributed by atoms with van der Waals surface area (Å²) in [6, 6.07) is 4.85. The second-order valence-corrected chi connectivity index (χ2v) is 4.30. The van der Waals surface area contributed by atoms with Gasteiger partial charge in [0.15, 0.2) is 0 Å². The van der Waals surface area contributed by atoms with Gasteiger partial charge in [-0.25, -0.2) is 4.98 Å². The summed E-state index contributed by atoms with van der Waals surface area (Å²) in [5.41, 5.74) is 1.16. The van der Waals surface area contributed by atoms with Crippen LogP contribution in [-0.2, 0) is 0 Å². The molecular weight excluding hydrogens is 276 g/mol. The van der Waals surface area contributed by atoms with Crippen molar-refractivity contribution in [1.82, 2.24) is 9.97 Å². The summed E-state index contributed by atoms with van der Waals surface area (Å²) in [6.45, 7) is -0.463. The van der Waals surface area contributed by atoms with E-state index in [1.807, 2.05) is 0 Å². The molecule has 0 aliphatic heterocycles. The maximum absolute atomic E-state index is 11.1. The van der Waals surface area contributed by atoms with Crippen molar-refractivity contribution in [3.8, 4) is 11.1 Å². The Bertz CT molecular complexity index is 621. The van der Waals surface area contributed by atoms with E-state index in [1.165, 1.54) is 12.3 Å². The zero-order valence-electron chi connectivity index (χ0n) is 11.0. The molecule has 0 saturated heterocycles. The van der Waals surface area contributed by atoms with Crippen LogP contribution >= 0.6 is 0 Å². The highest BCUT2D eigenvalue weighted by Crippen LogP contribution is 2.28. The van der Waals surface area contributed by atoms with Crippen molar-refractivity contribution < 1.29 is 15.1 Å². The van der Waals surface area contributed by atoms with Crippen LogP contribution in [0.3, 0.4) is 0 Å². The van der Waals surface area contributed by atoms with E-state index < -0.39 is 17.6 Å². The molecule has 2 rings (SSSR count). The number of nitro groups is 1. The maximum atomic E-state index is 11.1. The van der Waals surface area contributed by atoms with Gasteiger partial charge in [0.2, 0.25) is 5.82 Å². The molecule has 0 amide bonds. The third kappa shape index (κ3) is 3.71. The lowest BCUT2D eigenvalue weighted by molar-refractivity contribution is -0.384. The summed E-state index contributed by atoms with van der Waals surface area (Å²) in [7, 11) is 0. The number of pyridine rings is 2. The van der Waals surface area contributed by atoms with Gasteiger partial charge in [0.25, 0.3) is 0 Å². The number of aliphatic hydroxyl groups is 2. The average molecular weight is 290 g/mol. The number of hydrogen-bond acceptors (Lipinski definition) is 7. The highest BCUT2D eigenvalue weighted by atomic mass is 16.6. The number of hydrogen-bond donors (Lipinski definition) is 3. The van der Waals surface area contributed by atoms with Crippen LogP contribution in [0.15, 0.2) is 36.8 Å². The summed E-state index contributed by atoms with van der Waals surface area (Å²) >= 11 is 0. The first-order chi connectivity index (χ1) is 10.1. The molecule has 0 saturated carbocycles. The molecule has 0 fully saturated rings. The van der Waals surface area contributed by atoms with Crippen molar-refractivity contribution >= 4 is 11.5 Å². The van der Waals surface area contributed by atoms with Crippen molar-refractivity contribution in [2.75, 3.05) is 18.5 Å². The lowest BCUT2D eigenvalue weighted by Gasteiger charge is -2.10. The fourth-order valence-electron chi connectivity index (χ4n) is 1.71. The quantitative estimate of drug-likeness (QED) is 0.531. The third-order valence-electron chi connectivity index (χ3n) is 2.79. The van der Waals surface area contributed by atoms with Crippen LogP contribution in [0, 0.1) is 10.1 Å². The molecule has 0 bridgehead atoms. The Balaban J connectivity index is 2.29. The number of aromatic nitrogens is 2. The van der Waals surface area contributed by atoms with E-state index in [1.54, 1.807) is 24.5 Å². The number of anilines is 1. The van der Waals surface area contributed by atoms with Gasteiger partial charge in [-0.05, 0) is 17.7 Å². The van der Waals surface area contributed by atoms with Crippen molar-refractivity contribution in [3.63, 3.8) is 0 Å². The van der Waals surface area contributed by atoms with Crippen LogP contribution in [0.4, 0.5) is 11.5 Å². The molecule has 8 heteroatoms. The highest BCUT2D eigenvalue weighted by Gasteiger charge is 2.17. The topological polar surface area (TPSA) is 121 Å². The van der Waals surface area contributed by atoms with E-state index >= 15 is 0 Å². The Hall–Kier alpha value is -2.58. The first-order valence-electron chi connectivity index (χ1n) is 6.19. The number of nitrogens with one attached hydrogen (secondary N) is 1. The van der Waals surface area contributed by atoms with Crippen molar-refractivity contribution in [1.29, 1.82) is 0 Å². The Labute approximate surface area is 120 Å². The van der Waals surface area contributed by atoms with Crippen LogP contribution in [-0.4, -0.2) is 44.4 Å². The zero-order valence-corrected chi connectivity index (χ0v) is 11.0. The Kier molecular flexibility index (Phi) is 4.75. The molecule has 1 atom stereocenters. The van der Waals surface area contributed by atoms with Gasteiger partial charge < -0.3 is 15.5 Å². The van der Waals surface area contributed by atoms with Crippen LogP contribution in [0.2, 0.25) is 0 Å². The SMILES string of the molecule is O=[N+]([O-])c1cc(-c2ccncc2)cnc1NCC(O)CO. The number of rotatable bonds is 6. The Morgan fingerprint density at radius 2 is 2.05 bits per heavy atom. The van der Waals surface area contributed by atoms with Gasteiger partial charge in [0.05, 0.1) is 17.6 Å². The lowest BCUT2D eigenvalue weighted by atomic mass is 10.1. The minimum atomic E-state index is -1.01. The van der Waals surface area contributed by atoms with Crippen molar-refractivity contribution in [2.45, 2.75) is 6.10 Å². The largest absolute Gasteiger partial charge is 0.394 e. The molecule has 2 heterocycles. The Morgan fingerprint density at radius 1 is 1.33 bits per heavy atom. The fraction of sp³-hybridized carbons (Fsp3) is 0.231. The molecule has 21 heavy (non-hydrogen) atoms. The highest BCUT2D eigenvalue weighted by molar-refractivity contribution is 5.69. The first-order valence-corrected chi connectivity index (χ1v) is 6.19. The maximum Gasteiger partial charge on any atom is 0.311 e. The van der Waals surface area contributed by atoms with E-state index in [0.717, 1.165) is 5.56 Å². The summed E-state index contributed by atoms with van der Waals surface area (Å²) in [4.78, 5) is 18.5. The zero-order chi connectivity index (χ0) is 15.2. The van der Waals surface area contributed by atoms with Gasteiger partial charge in [-0.2, -0.15) is 0 Å². The standard InChI is InChI=1S/C13H14N4O4/c18-8-11(19)7-16-13-12(17(20)21)5-10(6-15-13)9-1-3-14-4-2-9/h1-6,11,18-19H,7-8H2,(H,15,16).